The highest BCUT2D eigenvalue weighted by Gasteiger charge is 2.43. The molecule has 8 heteroatoms. The molecule has 1 fully saturated rings. The van der Waals surface area contributed by atoms with Gasteiger partial charge >= 0.3 is 6.18 Å². The van der Waals surface area contributed by atoms with Crippen LogP contribution in [0, 0.1) is 0 Å². The van der Waals surface area contributed by atoms with Gasteiger partial charge in [-0.05, 0) is 38.4 Å². The minimum Gasteiger partial charge on any atom is -0.338 e. The van der Waals surface area contributed by atoms with Crippen LogP contribution in [0.25, 0.3) is 0 Å². The fourth-order valence-electron chi connectivity index (χ4n) is 3.50. The molecule has 144 valence electrons. The van der Waals surface area contributed by atoms with Gasteiger partial charge < -0.3 is 9.84 Å². The van der Waals surface area contributed by atoms with E-state index in [1.54, 1.807) is 6.07 Å². The van der Waals surface area contributed by atoms with Crippen LogP contribution in [-0.2, 0) is 18.0 Å². The van der Waals surface area contributed by atoms with Crippen LogP contribution in [0.2, 0.25) is 0 Å². The molecule has 1 aliphatic carbocycles. The molecule has 0 bridgehead atoms. The summed E-state index contributed by atoms with van der Waals surface area (Å²) >= 11 is 0. The highest BCUT2D eigenvalue weighted by molar-refractivity contribution is 5.85. The van der Waals surface area contributed by atoms with Crippen LogP contribution in [0.4, 0.5) is 13.2 Å². The van der Waals surface area contributed by atoms with Gasteiger partial charge in [-0.3, -0.25) is 0 Å². The number of hydrogen-bond acceptors (Lipinski definition) is 4. The van der Waals surface area contributed by atoms with E-state index < -0.39 is 17.2 Å². The van der Waals surface area contributed by atoms with Crippen molar-refractivity contribution >= 4 is 12.4 Å². The van der Waals surface area contributed by atoms with Gasteiger partial charge in [-0.25, -0.2) is 0 Å². The van der Waals surface area contributed by atoms with Crippen LogP contribution < -0.4 is 5.32 Å². The molecule has 0 spiro atoms. The average molecular weight is 390 g/mol. The number of hydrogen-bond donors (Lipinski definition) is 1. The molecule has 1 atom stereocenters. The maximum absolute atomic E-state index is 13.1. The Morgan fingerprint density at radius 2 is 1.96 bits per heavy atom. The van der Waals surface area contributed by atoms with E-state index in [1.165, 1.54) is 12.1 Å². The Labute approximate surface area is 157 Å². The third kappa shape index (κ3) is 4.04. The molecule has 0 amide bonds. The number of likely N-dealkylation sites (N-methyl/N-ethyl adjacent to an activating group) is 1. The quantitative estimate of drug-likeness (QED) is 0.816. The minimum atomic E-state index is -4.36. The number of aromatic nitrogens is 2. The number of nitrogens with zero attached hydrogens (tertiary/aromatic N) is 2. The summed E-state index contributed by atoms with van der Waals surface area (Å²) in [5, 5.41) is 7.15. The van der Waals surface area contributed by atoms with Crippen LogP contribution in [0.3, 0.4) is 0 Å². The molecule has 1 unspecified atom stereocenters. The standard InChI is InChI=1S/C18H22F3N3O.ClH/c1-12(22-2)10-15-23-16(25-24-15)17(8-3-4-9-17)13-6-5-7-14(11-13)18(19,20)21;/h5-7,11-12,22H,3-4,8-10H2,1-2H3;1H. The zero-order chi connectivity index (χ0) is 18.1. The molecule has 1 aromatic heterocycles. The first-order valence-electron chi connectivity index (χ1n) is 8.53. The first-order valence-corrected chi connectivity index (χ1v) is 8.53. The summed E-state index contributed by atoms with van der Waals surface area (Å²) in [7, 11) is 1.85. The van der Waals surface area contributed by atoms with Crippen LogP contribution in [0.5, 0.6) is 0 Å². The molecule has 1 aromatic carbocycles. The van der Waals surface area contributed by atoms with E-state index in [4.69, 9.17) is 4.52 Å². The Bertz CT molecular complexity index is 726. The number of alkyl halides is 3. The summed E-state index contributed by atoms with van der Waals surface area (Å²) < 4.78 is 44.8. The molecule has 1 saturated carbocycles. The summed E-state index contributed by atoms with van der Waals surface area (Å²) in [4.78, 5) is 4.52. The summed E-state index contributed by atoms with van der Waals surface area (Å²) in [6.07, 6.45) is -0.451. The number of benzene rings is 1. The Kier molecular flexibility index (Phi) is 6.34. The van der Waals surface area contributed by atoms with E-state index in [2.05, 4.69) is 15.5 Å². The van der Waals surface area contributed by atoms with Crippen LogP contribution >= 0.6 is 12.4 Å². The SMILES string of the molecule is CNC(C)Cc1noc(C2(c3cccc(C(F)(F)F)c3)CCCC2)n1.Cl. The van der Waals surface area contributed by atoms with E-state index in [0.717, 1.165) is 31.7 Å². The lowest BCUT2D eigenvalue weighted by molar-refractivity contribution is -0.137. The summed E-state index contributed by atoms with van der Waals surface area (Å²) in [5.41, 5.74) is -0.647. The second kappa shape index (κ2) is 7.96. The van der Waals surface area contributed by atoms with Crippen LogP contribution in [0.1, 0.15) is 55.4 Å². The van der Waals surface area contributed by atoms with Gasteiger partial charge in [0.2, 0.25) is 5.89 Å². The molecule has 3 rings (SSSR count). The molecule has 2 aromatic rings. The van der Waals surface area contributed by atoms with E-state index in [9.17, 15) is 13.2 Å². The Balaban J connectivity index is 0.00000243. The molecule has 1 aliphatic rings. The van der Waals surface area contributed by atoms with Gasteiger partial charge in [-0.1, -0.05) is 36.2 Å². The molecule has 4 nitrogen and oxygen atoms in total. The minimum absolute atomic E-state index is 0. The van der Waals surface area contributed by atoms with Crippen molar-refractivity contribution in [1.82, 2.24) is 15.5 Å². The van der Waals surface area contributed by atoms with Gasteiger partial charge in [0.15, 0.2) is 5.82 Å². The normalized spacial score (nSPS) is 17.7. The lowest BCUT2D eigenvalue weighted by Crippen LogP contribution is -2.26. The third-order valence-corrected chi connectivity index (χ3v) is 5.06. The number of rotatable bonds is 5. The van der Waals surface area contributed by atoms with Crippen molar-refractivity contribution in [3.63, 3.8) is 0 Å². The summed E-state index contributed by atoms with van der Waals surface area (Å²) in [6, 6.07) is 5.71. The Hall–Kier alpha value is -1.60. The molecule has 0 saturated heterocycles. The predicted molar refractivity (Wildman–Crippen MR) is 94.5 cm³/mol. The fraction of sp³-hybridized carbons (Fsp3) is 0.556. The summed E-state index contributed by atoms with van der Waals surface area (Å²) in [5.74, 6) is 1.01. The zero-order valence-corrected chi connectivity index (χ0v) is 15.6. The van der Waals surface area contributed by atoms with Crippen LogP contribution in [0.15, 0.2) is 28.8 Å². The second-order valence-electron chi connectivity index (χ2n) is 6.78. The Morgan fingerprint density at radius 3 is 2.58 bits per heavy atom. The van der Waals surface area contributed by atoms with Gasteiger partial charge in [0, 0.05) is 12.5 Å². The second-order valence-corrected chi connectivity index (χ2v) is 6.78. The molecular weight excluding hydrogens is 367 g/mol. The van der Waals surface area contributed by atoms with Gasteiger partial charge in [-0.15, -0.1) is 12.4 Å². The van der Waals surface area contributed by atoms with Crippen molar-refractivity contribution in [2.24, 2.45) is 0 Å². The monoisotopic (exact) mass is 389 g/mol. The molecular formula is C18H23ClF3N3O. The van der Waals surface area contributed by atoms with Crippen LogP contribution in [-0.4, -0.2) is 23.2 Å². The maximum atomic E-state index is 13.1. The molecule has 0 radical (unpaired) electrons. The first-order chi connectivity index (χ1) is 11.8. The molecule has 1 heterocycles. The van der Waals surface area contributed by atoms with Crippen molar-refractivity contribution in [2.75, 3.05) is 7.05 Å². The third-order valence-electron chi connectivity index (χ3n) is 5.06. The van der Waals surface area contributed by atoms with Gasteiger partial charge in [0.25, 0.3) is 0 Å². The highest BCUT2D eigenvalue weighted by atomic mass is 35.5. The van der Waals surface area contributed by atoms with Crippen molar-refractivity contribution in [3.05, 3.63) is 47.1 Å². The zero-order valence-electron chi connectivity index (χ0n) is 14.8. The van der Waals surface area contributed by atoms with Crippen molar-refractivity contribution in [1.29, 1.82) is 0 Å². The first kappa shape index (κ1) is 20.7. The predicted octanol–water partition coefficient (Wildman–Crippen LogP) is 4.52. The largest absolute Gasteiger partial charge is 0.416 e. The van der Waals surface area contributed by atoms with Gasteiger partial charge in [0.05, 0.1) is 11.0 Å². The number of halogens is 4. The summed E-state index contributed by atoms with van der Waals surface area (Å²) in [6.45, 7) is 2.01. The molecule has 26 heavy (non-hydrogen) atoms. The topological polar surface area (TPSA) is 51.0 Å². The average Bonchev–Trinajstić information content (AvgIpc) is 3.24. The molecule has 1 N–H and O–H groups in total. The van der Waals surface area contributed by atoms with Crippen molar-refractivity contribution in [2.45, 2.75) is 56.7 Å². The van der Waals surface area contributed by atoms with Crippen molar-refractivity contribution in [3.8, 4) is 0 Å². The lowest BCUT2D eigenvalue weighted by Gasteiger charge is -2.26. The smallest absolute Gasteiger partial charge is 0.338 e. The van der Waals surface area contributed by atoms with E-state index in [-0.39, 0.29) is 18.4 Å². The number of nitrogens with one attached hydrogen (secondary N) is 1. The Morgan fingerprint density at radius 1 is 1.27 bits per heavy atom. The highest BCUT2D eigenvalue weighted by Crippen LogP contribution is 2.46. The van der Waals surface area contributed by atoms with Gasteiger partial charge in [-0.2, -0.15) is 18.2 Å². The van der Waals surface area contributed by atoms with E-state index in [1.807, 2.05) is 14.0 Å². The van der Waals surface area contributed by atoms with E-state index >= 15 is 0 Å². The molecule has 0 aliphatic heterocycles. The maximum Gasteiger partial charge on any atom is 0.416 e. The van der Waals surface area contributed by atoms with E-state index in [0.29, 0.717) is 23.7 Å². The van der Waals surface area contributed by atoms with Crippen molar-refractivity contribution < 1.29 is 17.7 Å². The fourth-order valence-corrected chi connectivity index (χ4v) is 3.50. The van der Waals surface area contributed by atoms with Gasteiger partial charge in [0.1, 0.15) is 0 Å². The lowest BCUT2D eigenvalue weighted by atomic mass is 9.78.